The largest absolute Gasteiger partial charge is 0.329 e. The molecule has 3 heteroatoms. The first-order chi connectivity index (χ1) is 9.61. The number of likely N-dealkylation sites (N-methyl/N-ethyl adjacent to an activating group) is 1. The summed E-state index contributed by atoms with van der Waals surface area (Å²) in [4.78, 5) is 2.33. The number of hydrogen-bond acceptors (Lipinski definition) is 3. The van der Waals surface area contributed by atoms with Gasteiger partial charge in [-0.25, -0.2) is 0 Å². The first kappa shape index (κ1) is 15.2. The van der Waals surface area contributed by atoms with Crippen LogP contribution in [-0.2, 0) is 6.54 Å². The van der Waals surface area contributed by atoms with Crippen molar-refractivity contribution in [1.29, 1.82) is 0 Å². The van der Waals surface area contributed by atoms with Crippen molar-refractivity contribution >= 4 is 11.3 Å². The van der Waals surface area contributed by atoms with Crippen molar-refractivity contribution in [3.8, 4) is 0 Å². The van der Waals surface area contributed by atoms with E-state index in [0.29, 0.717) is 12.5 Å². The Morgan fingerprint density at radius 2 is 1.75 bits per heavy atom. The molecule has 0 spiro atoms. The summed E-state index contributed by atoms with van der Waals surface area (Å²) in [6.45, 7) is 6.02. The van der Waals surface area contributed by atoms with Gasteiger partial charge in [-0.15, -0.1) is 0 Å². The highest BCUT2D eigenvalue weighted by atomic mass is 32.1. The maximum atomic E-state index is 5.99. The summed E-state index contributed by atoms with van der Waals surface area (Å²) < 4.78 is 0. The molecule has 2 rings (SSSR count). The third kappa shape index (κ3) is 3.69. The summed E-state index contributed by atoms with van der Waals surface area (Å²) in [7, 11) is 2.14. The lowest BCUT2D eigenvalue weighted by atomic mass is 9.98. The molecule has 20 heavy (non-hydrogen) atoms. The predicted molar refractivity (Wildman–Crippen MR) is 88.1 cm³/mol. The van der Waals surface area contributed by atoms with Crippen molar-refractivity contribution in [2.24, 2.45) is 5.73 Å². The number of benzene rings is 1. The molecule has 0 aliphatic carbocycles. The van der Waals surface area contributed by atoms with Gasteiger partial charge in [0.05, 0.1) is 0 Å². The zero-order valence-electron chi connectivity index (χ0n) is 12.5. The van der Waals surface area contributed by atoms with E-state index in [4.69, 9.17) is 5.73 Å². The number of nitrogens with two attached hydrogens (primary N) is 1. The molecule has 1 aromatic heterocycles. The number of hydrogen-bond donors (Lipinski definition) is 1. The first-order valence-electron chi connectivity index (χ1n) is 7.13. The monoisotopic (exact) mass is 288 g/mol. The highest BCUT2D eigenvalue weighted by Crippen LogP contribution is 2.23. The SMILES string of the molecule is CC(C)c1ccc(C(CN)N(C)Cc2ccsc2)cc1. The van der Waals surface area contributed by atoms with Gasteiger partial charge >= 0.3 is 0 Å². The topological polar surface area (TPSA) is 29.3 Å². The van der Waals surface area contributed by atoms with Crippen molar-refractivity contribution in [3.63, 3.8) is 0 Å². The van der Waals surface area contributed by atoms with Gasteiger partial charge in [0.25, 0.3) is 0 Å². The van der Waals surface area contributed by atoms with E-state index in [2.05, 4.69) is 66.9 Å². The molecule has 0 amide bonds. The van der Waals surface area contributed by atoms with Crippen LogP contribution in [0.1, 0.15) is 42.5 Å². The van der Waals surface area contributed by atoms with E-state index >= 15 is 0 Å². The molecule has 108 valence electrons. The van der Waals surface area contributed by atoms with Crippen molar-refractivity contribution in [2.45, 2.75) is 32.4 Å². The summed E-state index contributed by atoms with van der Waals surface area (Å²) in [5.74, 6) is 0.573. The minimum atomic E-state index is 0.274. The zero-order valence-corrected chi connectivity index (χ0v) is 13.4. The average Bonchev–Trinajstić information content (AvgIpc) is 2.93. The molecule has 0 saturated carbocycles. The van der Waals surface area contributed by atoms with Crippen LogP contribution >= 0.6 is 11.3 Å². The summed E-state index contributed by atoms with van der Waals surface area (Å²) in [5.41, 5.74) is 10.0. The van der Waals surface area contributed by atoms with Crippen molar-refractivity contribution in [3.05, 3.63) is 57.8 Å². The number of nitrogens with zero attached hydrogens (tertiary/aromatic N) is 1. The molecule has 2 N–H and O–H groups in total. The van der Waals surface area contributed by atoms with Crippen LogP contribution in [0.15, 0.2) is 41.1 Å². The maximum Gasteiger partial charge on any atom is 0.0470 e. The molecule has 0 aliphatic rings. The Morgan fingerprint density at radius 1 is 1.10 bits per heavy atom. The first-order valence-corrected chi connectivity index (χ1v) is 8.07. The van der Waals surface area contributed by atoms with Crippen molar-refractivity contribution < 1.29 is 0 Å². The average molecular weight is 288 g/mol. The number of rotatable bonds is 6. The van der Waals surface area contributed by atoms with Gasteiger partial charge in [0.2, 0.25) is 0 Å². The maximum absolute atomic E-state index is 5.99. The Bertz CT molecular complexity index is 502. The number of thiophene rings is 1. The van der Waals surface area contributed by atoms with Crippen LogP contribution in [0.5, 0.6) is 0 Å². The molecule has 2 nitrogen and oxygen atoms in total. The van der Waals surface area contributed by atoms with E-state index in [9.17, 15) is 0 Å². The molecule has 0 saturated heterocycles. The second-order valence-corrected chi connectivity index (χ2v) is 6.40. The quantitative estimate of drug-likeness (QED) is 0.870. The van der Waals surface area contributed by atoms with Gasteiger partial charge in [-0.3, -0.25) is 4.90 Å². The summed E-state index contributed by atoms with van der Waals surface area (Å²) in [5, 5.41) is 4.32. The molecule has 0 aliphatic heterocycles. The van der Waals surface area contributed by atoms with E-state index in [0.717, 1.165) is 6.54 Å². The second-order valence-electron chi connectivity index (χ2n) is 5.62. The van der Waals surface area contributed by atoms with Gasteiger partial charge in [-0.2, -0.15) is 11.3 Å². The molecule has 0 radical (unpaired) electrons. The van der Waals surface area contributed by atoms with E-state index in [1.807, 2.05) is 0 Å². The minimum Gasteiger partial charge on any atom is -0.329 e. The molecule has 1 aromatic carbocycles. The fourth-order valence-corrected chi connectivity index (χ4v) is 3.11. The van der Waals surface area contributed by atoms with E-state index in [1.54, 1.807) is 11.3 Å². The molecular weight excluding hydrogens is 264 g/mol. The lowest BCUT2D eigenvalue weighted by Gasteiger charge is -2.27. The molecule has 0 fully saturated rings. The summed E-state index contributed by atoms with van der Waals surface area (Å²) in [6, 6.07) is 11.3. The second kappa shape index (κ2) is 7.02. The lowest BCUT2D eigenvalue weighted by Crippen LogP contribution is -2.30. The van der Waals surface area contributed by atoms with Gasteiger partial charge in [-0.1, -0.05) is 38.1 Å². The molecule has 1 unspecified atom stereocenters. The fraction of sp³-hybridized carbons (Fsp3) is 0.412. The van der Waals surface area contributed by atoms with Gasteiger partial charge in [0.15, 0.2) is 0 Å². The Balaban J connectivity index is 2.10. The van der Waals surface area contributed by atoms with E-state index in [1.165, 1.54) is 16.7 Å². The third-order valence-electron chi connectivity index (χ3n) is 3.76. The Morgan fingerprint density at radius 3 is 2.25 bits per heavy atom. The molecule has 0 bridgehead atoms. The minimum absolute atomic E-state index is 0.274. The molecule has 1 atom stereocenters. The molecule has 2 aromatic rings. The van der Waals surface area contributed by atoms with Crippen LogP contribution in [0.25, 0.3) is 0 Å². The van der Waals surface area contributed by atoms with Crippen molar-refractivity contribution in [2.75, 3.05) is 13.6 Å². The van der Waals surface area contributed by atoms with Crippen LogP contribution < -0.4 is 5.73 Å². The van der Waals surface area contributed by atoms with E-state index < -0.39 is 0 Å². The van der Waals surface area contributed by atoms with Gasteiger partial charge in [-0.05, 0) is 46.5 Å². The zero-order chi connectivity index (χ0) is 14.5. The fourth-order valence-electron chi connectivity index (χ4n) is 2.45. The van der Waals surface area contributed by atoms with Gasteiger partial charge in [0.1, 0.15) is 0 Å². The smallest absolute Gasteiger partial charge is 0.0470 e. The van der Waals surface area contributed by atoms with Crippen LogP contribution in [0.4, 0.5) is 0 Å². The summed E-state index contributed by atoms with van der Waals surface area (Å²) >= 11 is 1.74. The molecule has 1 heterocycles. The highest BCUT2D eigenvalue weighted by Gasteiger charge is 2.16. The van der Waals surface area contributed by atoms with Crippen LogP contribution in [0.3, 0.4) is 0 Å². The Labute approximate surface area is 126 Å². The molecular formula is C17H24N2S. The standard InChI is InChI=1S/C17H24N2S/c1-13(2)15-4-6-16(7-5-15)17(10-18)19(3)11-14-8-9-20-12-14/h4-9,12-13,17H,10-11,18H2,1-3H3. The highest BCUT2D eigenvalue weighted by molar-refractivity contribution is 7.07. The van der Waals surface area contributed by atoms with Crippen LogP contribution in [0, 0.1) is 0 Å². The van der Waals surface area contributed by atoms with Crippen LogP contribution in [-0.4, -0.2) is 18.5 Å². The Hall–Kier alpha value is -1.16. The van der Waals surface area contributed by atoms with E-state index in [-0.39, 0.29) is 6.04 Å². The normalized spacial score (nSPS) is 13.1. The Kier molecular flexibility index (Phi) is 5.35. The van der Waals surface area contributed by atoms with Gasteiger partial charge in [0, 0.05) is 19.1 Å². The van der Waals surface area contributed by atoms with Crippen LogP contribution in [0.2, 0.25) is 0 Å². The summed E-state index contributed by atoms with van der Waals surface area (Å²) in [6.07, 6.45) is 0. The van der Waals surface area contributed by atoms with Gasteiger partial charge < -0.3 is 5.73 Å². The lowest BCUT2D eigenvalue weighted by molar-refractivity contribution is 0.242. The third-order valence-corrected chi connectivity index (χ3v) is 4.49. The van der Waals surface area contributed by atoms with Crippen molar-refractivity contribution in [1.82, 2.24) is 4.90 Å². The predicted octanol–water partition coefficient (Wildman–Crippen LogP) is 4.00.